The lowest BCUT2D eigenvalue weighted by Crippen LogP contribution is -2.16. The molecule has 0 radical (unpaired) electrons. The molecule has 1 atom stereocenters. The molecule has 36 heavy (non-hydrogen) atoms. The van der Waals surface area contributed by atoms with Crippen LogP contribution in [0.4, 0.5) is 0 Å². The summed E-state index contributed by atoms with van der Waals surface area (Å²) in [7, 11) is -2.09. The number of sulfone groups is 1. The van der Waals surface area contributed by atoms with Gasteiger partial charge in [0.2, 0.25) is 9.84 Å². The molecule has 6 nitrogen and oxygen atoms in total. The van der Waals surface area contributed by atoms with Crippen LogP contribution in [0.15, 0.2) is 94.4 Å². The average Bonchev–Trinajstić information content (AvgIpc) is 3.26. The summed E-state index contributed by atoms with van der Waals surface area (Å²) in [4.78, 5) is 0.232. The van der Waals surface area contributed by atoms with Gasteiger partial charge in [0.25, 0.3) is 0 Å². The molecule has 0 bridgehead atoms. The Balaban J connectivity index is 1.91. The quantitative estimate of drug-likeness (QED) is 0.163. The molecule has 1 aromatic heterocycles. The SMILES string of the molecule is C/C=C(\C=C/C(C)Cl)Cn1nc(S(=O)(=O)c2cccc3ccccc23)c2cccc(OCCNC)c21. The minimum absolute atomic E-state index is 0.0121. The van der Waals surface area contributed by atoms with Crippen LogP contribution in [0.5, 0.6) is 5.75 Å². The van der Waals surface area contributed by atoms with Crippen LogP contribution in [-0.2, 0) is 16.4 Å². The molecule has 0 aliphatic heterocycles. The van der Waals surface area contributed by atoms with E-state index in [2.05, 4.69) is 10.4 Å². The number of ether oxygens (including phenoxy) is 1. The number of likely N-dealkylation sites (N-methyl/N-ethyl adjacent to an activating group) is 1. The number of alkyl halides is 1. The van der Waals surface area contributed by atoms with E-state index in [9.17, 15) is 8.42 Å². The van der Waals surface area contributed by atoms with E-state index in [0.717, 1.165) is 11.0 Å². The molecular formula is C28H30ClN3O3S. The van der Waals surface area contributed by atoms with Gasteiger partial charge in [0.05, 0.1) is 11.4 Å². The summed E-state index contributed by atoms with van der Waals surface area (Å²) < 4.78 is 35.8. The number of hydrogen-bond donors (Lipinski definition) is 1. The van der Waals surface area contributed by atoms with Crippen molar-refractivity contribution in [2.24, 2.45) is 0 Å². The maximum absolute atomic E-state index is 14.0. The molecule has 0 fully saturated rings. The van der Waals surface area contributed by atoms with Crippen molar-refractivity contribution in [2.45, 2.75) is 35.7 Å². The van der Waals surface area contributed by atoms with Crippen LogP contribution in [0.1, 0.15) is 13.8 Å². The molecule has 188 valence electrons. The van der Waals surface area contributed by atoms with Gasteiger partial charge in [0.1, 0.15) is 17.9 Å². The minimum atomic E-state index is -3.94. The molecule has 0 spiro atoms. The van der Waals surface area contributed by atoms with Crippen molar-refractivity contribution in [3.8, 4) is 5.75 Å². The van der Waals surface area contributed by atoms with Crippen molar-refractivity contribution in [1.29, 1.82) is 0 Å². The summed E-state index contributed by atoms with van der Waals surface area (Å²) in [5.41, 5.74) is 1.59. The lowest BCUT2D eigenvalue weighted by atomic mass is 10.1. The van der Waals surface area contributed by atoms with E-state index in [1.165, 1.54) is 0 Å². The third kappa shape index (κ3) is 5.33. The number of fused-ring (bicyclic) bond motifs is 2. The summed E-state index contributed by atoms with van der Waals surface area (Å²) in [6, 6.07) is 18.2. The van der Waals surface area contributed by atoms with E-state index < -0.39 is 9.84 Å². The number of nitrogens with one attached hydrogen (secondary N) is 1. The summed E-state index contributed by atoms with van der Waals surface area (Å²) in [5, 5.41) is 9.66. The van der Waals surface area contributed by atoms with Gasteiger partial charge in [-0.2, -0.15) is 5.10 Å². The average molecular weight is 524 g/mol. The first-order valence-electron chi connectivity index (χ1n) is 11.8. The standard InChI is InChI=1S/C28H30ClN3O3S/c1-4-21(16-15-20(2)29)19-32-27-24(12-8-13-25(27)35-18-17-30-3)28(31-32)36(33,34)26-14-7-10-22-9-5-6-11-23(22)26/h4-16,20,30H,17-19H2,1-3H3/b16-15-,21-4+. The second kappa shape index (κ2) is 11.3. The lowest BCUT2D eigenvalue weighted by molar-refractivity contribution is 0.320. The van der Waals surface area contributed by atoms with Gasteiger partial charge in [-0.25, -0.2) is 8.42 Å². The van der Waals surface area contributed by atoms with E-state index >= 15 is 0 Å². The topological polar surface area (TPSA) is 73.2 Å². The van der Waals surface area contributed by atoms with Gasteiger partial charge in [-0.3, -0.25) is 4.68 Å². The van der Waals surface area contributed by atoms with E-state index in [4.69, 9.17) is 16.3 Å². The Kier molecular flexibility index (Phi) is 8.14. The molecule has 1 unspecified atom stereocenters. The molecule has 4 aromatic rings. The summed E-state index contributed by atoms with van der Waals surface area (Å²) in [6.45, 7) is 5.28. The molecular weight excluding hydrogens is 494 g/mol. The number of rotatable bonds is 10. The van der Waals surface area contributed by atoms with Crippen LogP contribution < -0.4 is 10.1 Å². The lowest BCUT2D eigenvalue weighted by Gasteiger charge is -2.10. The second-order valence-corrected chi connectivity index (χ2v) is 11.0. The number of benzene rings is 3. The Bertz CT molecular complexity index is 1530. The highest BCUT2D eigenvalue weighted by Crippen LogP contribution is 2.35. The predicted octanol–water partition coefficient (Wildman–Crippen LogP) is 5.75. The Morgan fingerprint density at radius 3 is 2.58 bits per heavy atom. The number of allylic oxidation sites excluding steroid dienone is 4. The van der Waals surface area contributed by atoms with Crippen molar-refractivity contribution < 1.29 is 13.2 Å². The molecule has 0 amide bonds. The molecule has 0 saturated carbocycles. The van der Waals surface area contributed by atoms with Gasteiger partial charge >= 0.3 is 0 Å². The third-order valence-corrected chi connectivity index (χ3v) is 7.77. The van der Waals surface area contributed by atoms with Crippen LogP contribution in [0.25, 0.3) is 21.7 Å². The van der Waals surface area contributed by atoms with E-state index in [-0.39, 0.29) is 15.3 Å². The van der Waals surface area contributed by atoms with Crippen molar-refractivity contribution >= 4 is 43.1 Å². The van der Waals surface area contributed by atoms with E-state index in [0.29, 0.717) is 41.7 Å². The van der Waals surface area contributed by atoms with Crippen LogP contribution >= 0.6 is 11.6 Å². The second-order valence-electron chi connectivity index (χ2n) is 8.45. The van der Waals surface area contributed by atoms with Crippen molar-refractivity contribution in [1.82, 2.24) is 15.1 Å². The summed E-state index contributed by atoms with van der Waals surface area (Å²) in [5.74, 6) is 0.583. The number of halogens is 1. The zero-order valence-corrected chi connectivity index (χ0v) is 22.2. The van der Waals surface area contributed by atoms with Crippen LogP contribution in [0, 0.1) is 0 Å². The van der Waals surface area contributed by atoms with Gasteiger partial charge in [-0.1, -0.05) is 60.7 Å². The fourth-order valence-corrected chi connectivity index (χ4v) is 5.75. The minimum Gasteiger partial charge on any atom is -0.490 e. The highest BCUT2D eigenvalue weighted by atomic mass is 35.5. The molecule has 3 aromatic carbocycles. The molecule has 0 aliphatic rings. The number of nitrogens with zero attached hydrogens (tertiary/aromatic N) is 2. The summed E-state index contributed by atoms with van der Waals surface area (Å²) >= 11 is 6.11. The zero-order chi connectivity index (χ0) is 25.7. The number of para-hydroxylation sites is 1. The first-order valence-corrected chi connectivity index (χ1v) is 13.8. The van der Waals surface area contributed by atoms with Gasteiger partial charge in [0, 0.05) is 22.7 Å². The predicted molar refractivity (Wildman–Crippen MR) is 147 cm³/mol. The molecule has 1 heterocycles. The van der Waals surface area contributed by atoms with Crippen molar-refractivity contribution in [3.63, 3.8) is 0 Å². The first-order chi connectivity index (χ1) is 17.4. The van der Waals surface area contributed by atoms with E-state index in [1.807, 2.05) is 75.5 Å². The molecule has 0 saturated heterocycles. The third-order valence-electron chi connectivity index (χ3n) is 5.88. The van der Waals surface area contributed by atoms with Crippen molar-refractivity contribution in [3.05, 3.63) is 84.5 Å². The summed E-state index contributed by atoms with van der Waals surface area (Å²) in [6.07, 6.45) is 5.79. The van der Waals surface area contributed by atoms with Crippen LogP contribution in [0.3, 0.4) is 0 Å². The largest absolute Gasteiger partial charge is 0.490 e. The van der Waals surface area contributed by atoms with Gasteiger partial charge in [-0.15, -0.1) is 11.6 Å². The fourth-order valence-electron chi connectivity index (χ4n) is 4.07. The molecule has 4 rings (SSSR count). The Labute approximate surface area is 217 Å². The molecule has 0 aliphatic carbocycles. The maximum Gasteiger partial charge on any atom is 0.226 e. The number of aromatic nitrogens is 2. The zero-order valence-electron chi connectivity index (χ0n) is 20.6. The fraction of sp³-hybridized carbons (Fsp3) is 0.250. The Morgan fingerprint density at radius 2 is 1.83 bits per heavy atom. The highest BCUT2D eigenvalue weighted by molar-refractivity contribution is 7.91. The Morgan fingerprint density at radius 1 is 1.11 bits per heavy atom. The number of hydrogen-bond acceptors (Lipinski definition) is 5. The first kappa shape index (κ1) is 25.9. The highest BCUT2D eigenvalue weighted by Gasteiger charge is 2.28. The normalized spacial score (nSPS) is 13.6. The monoisotopic (exact) mass is 523 g/mol. The van der Waals surface area contributed by atoms with E-state index in [1.54, 1.807) is 28.9 Å². The van der Waals surface area contributed by atoms with Gasteiger partial charge in [0.15, 0.2) is 5.03 Å². The molecule has 1 N–H and O–H groups in total. The van der Waals surface area contributed by atoms with Gasteiger partial charge < -0.3 is 10.1 Å². The van der Waals surface area contributed by atoms with Crippen LogP contribution in [-0.4, -0.2) is 43.8 Å². The van der Waals surface area contributed by atoms with Crippen LogP contribution in [0.2, 0.25) is 0 Å². The van der Waals surface area contributed by atoms with Gasteiger partial charge in [-0.05, 0) is 50.1 Å². The van der Waals surface area contributed by atoms with Crippen molar-refractivity contribution in [2.75, 3.05) is 20.2 Å². The maximum atomic E-state index is 14.0. The molecule has 8 heteroatoms. The Hall–Kier alpha value is -3.13. The smallest absolute Gasteiger partial charge is 0.226 e.